The Bertz CT molecular complexity index is 1470. The lowest BCUT2D eigenvalue weighted by Crippen LogP contribution is -2.29. The van der Waals surface area contributed by atoms with Gasteiger partial charge in [0.05, 0.1) is 13.2 Å². The van der Waals surface area contributed by atoms with Gasteiger partial charge in [0.15, 0.2) is 6.10 Å². The molecule has 0 aliphatic carbocycles. The van der Waals surface area contributed by atoms with E-state index in [1.54, 1.807) is 0 Å². The summed E-state index contributed by atoms with van der Waals surface area (Å²) in [6.07, 6.45) is 27.9. The Hall–Kier alpha value is -2.43. The third kappa shape index (κ3) is 24.9. The van der Waals surface area contributed by atoms with Gasteiger partial charge in [0, 0.05) is 45.1 Å². The highest BCUT2D eigenvalue weighted by Gasteiger charge is 2.26. The van der Waals surface area contributed by atoms with Crippen molar-refractivity contribution >= 4 is 19.8 Å². The van der Waals surface area contributed by atoms with Crippen LogP contribution in [0.25, 0.3) is 0 Å². The monoisotopic (exact) mass is 866 g/mol. The molecule has 0 saturated carbocycles. The molecule has 0 radical (unpaired) electrons. The van der Waals surface area contributed by atoms with E-state index in [2.05, 4.69) is 40.7 Å². The first-order chi connectivity index (χ1) is 29.0. The molecular formula is C48H84NO10P. The molecule has 2 aromatic heterocycles. The molecular weight excluding hydrogens is 781 g/mol. The zero-order valence-electron chi connectivity index (χ0n) is 38.4. The summed E-state index contributed by atoms with van der Waals surface area (Å²) < 4.78 is 45.2. The summed E-state index contributed by atoms with van der Waals surface area (Å²) in [7, 11) is -4.40. The van der Waals surface area contributed by atoms with E-state index >= 15 is 0 Å². The van der Waals surface area contributed by atoms with Crippen LogP contribution in [0.2, 0.25) is 0 Å². The molecule has 0 saturated heterocycles. The molecule has 0 amide bonds. The fourth-order valence-corrected chi connectivity index (χ4v) is 8.29. The van der Waals surface area contributed by atoms with Gasteiger partial charge in [-0.3, -0.25) is 18.6 Å². The zero-order valence-corrected chi connectivity index (χ0v) is 39.3. The number of phosphoric ester groups is 1. The molecule has 12 heteroatoms. The third-order valence-electron chi connectivity index (χ3n) is 11.3. The highest BCUT2D eigenvalue weighted by Crippen LogP contribution is 2.43. The maximum absolute atomic E-state index is 12.7. The van der Waals surface area contributed by atoms with Gasteiger partial charge in [-0.05, 0) is 82.1 Å². The van der Waals surface area contributed by atoms with Crippen LogP contribution in [-0.4, -0.2) is 49.3 Å². The summed E-state index contributed by atoms with van der Waals surface area (Å²) in [4.78, 5) is 35.1. The number of furan rings is 2. The van der Waals surface area contributed by atoms with Crippen LogP contribution in [-0.2, 0) is 58.4 Å². The lowest BCUT2D eigenvalue weighted by atomic mass is 10.0. The van der Waals surface area contributed by atoms with E-state index in [1.165, 1.54) is 98.8 Å². The Morgan fingerprint density at radius 2 is 1.10 bits per heavy atom. The minimum Gasteiger partial charge on any atom is -0.466 e. The van der Waals surface area contributed by atoms with Crippen LogP contribution < -0.4 is 5.73 Å². The van der Waals surface area contributed by atoms with E-state index in [1.807, 2.05) is 0 Å². The molecule has 0 fully saturated rings. The van der Waals surface area contributed by atoms with Gasteiger partial charge in [-0.25, -0.2) is 4.57 Å². The van der Waals surface area contributed by atoms with Crippen LogP contribution >= 0.6 is 7.82 Å². The van der Waals surface area contributed by atoms with Crippen molar-refractivity contribution in [3.8, 4) is 0 Å². The summed E-state index contributed by atoms with van der Waals surface area (Å²) in [5.74, 6) is 3.74. The normalized spacial score (nSPS) is 13.1. The number of nitrogens with two attached hydrogens (primary N) is 1. The summed E-state index contributed by atoms with van der Waals surface area (Å²) in [6.45, 7) is 10.1. The molecule has 0 aliphatic heterocycles. The maximum atomic E-state index is 12.7. The van der Waals surface area contributed by atoms with Crippen LogP contribution in [0.5, 0.6) is 0 Å². The average molecular weight is 866 g/mol. The molecule has 1 unspecified atom stereocenters. The Morgan fingerprint density at radius 1 is 0.617 bits per heavy atom. The molecule has 2 rings (SSSR count). The summed E-state index contributed by atoms with van der Waals surface area (Å²) >= 11 is 0. The molecule has 346 valence electrons. The maximum Gasteiger partial charge on any atom is 0.472 e. The predicted octanol–water partition coefficient (Wildman–Crippen LogP) is 12.6. The highest BCUT2D eigenvalue weighted by atomic mass is 31.2. The SMILES string of the molecule is CCCCCc1oc(CCCCCCCCCCCCC(=O)OC[C@H](COP(=O)(O)OCCN)OC(=O)CCCCCCCCCCc2oc(CCC)cc2C)c(C)c1C. The topological polar surface area (TPSA) is 161 Å². The minimum absolute atomic E-state index is 0.0442. The Morgan fingerprint density at radius 3 is 1.62 bits per heavy atom. The van der Waals surface area contributed by atoms with E-state index in [-0.39, 0.29) is 32.6 Å². The van der Waals surface area contributed by atoms with E-state index in [0.717, 1.165) is 101 Å². The second-order valence-corrected chi connectivity index (χ2v) is 18.2. The van der Waals surface area contributed by atoms with Gasteiger partial charge in [-0.1, -0.05) is 117 Å². The van der Waals surface area contributed by atoms with Gasteiger partial charge < -0.3 is 28.9 Å². The van der Waals surface area contributed by atoms with E-state index < -0.39 is 32.5 Å². The molecule has 3 N–H and O–H groups in total. The Balaban J connectivity index is 1.54. The summed E-state index contributed by atoms with van der Waals surface area (Å²) in [6, 6.07) is 2.17. The van der Waals surface area contributed by atoms with Crippen LogP contribution in [0.3, 0.4) is 0 Å². The number of unbranched alkanes of at least 4 members (excludes halogenated alkanes) is 18. The van der Waals surface area contributed by atoms with E-state index in [4.69, 9.17) is 33.1 Å². The fourth-order valence-electron chi connectivity index (χ4n) is 7.53. The second kappa shape index (κ2) is 33.2. The first-order valence-electron chi connectivity index (χ1n) is 23.8. The molecule has 11 nitrogen and oxygen atoms in total. The molecule has 0 spiro atoms. The van der Waals surface area contributed by atoms with E-state index in [0.29, 0.717) is 6.42 Å². The van der Waals surface area contributed by atoms with Crippen molar-refractivity contribution in [2.45, 2.75) is 221 Å². The lowest BCUT2D eigenvalue weighted by molar-refractivity contribution is -0.161. The molecule has 0 aromatic carbocycles. The second-order valence-electron chi connectivity index (χ2n) is 16.8. The number of hydrogen-bond acceptors (Lipinski definition) is 10. The van der Waals surface area contributed by atoms with Crippen molar-refractivity contribution in [1.29, 1.82) is 0 Å². The Kier molecular flexibility index (Phi) is 29.7. The van der Waals surface area contributed by atoms with Gasteiger partial charge >= 0.3 is 19.8 Å². The van der Waals surface area contributed by atoms with E-state index in [9.17, 15) is 19.0 Å². The minimum atomic E-state index is -4.40. The number of phosphoric acid groups is 1. The molecule has 60 heavy (non-hydrogen) atoms. The number of hydrogen-bond donors (Lipinski definition) is 2. The van der Waals surface area contributed by atoms with Crippen LogP contribution in [0.4, 0.5) is 0 Å². The summed E-state index contributed by atoms with van der Waals surface area (Å²) in [5, 5.41) is 0. The van der Waals surface area contributed by atoms with Gasteiger partial charge in [0.25, 0.3) is 0 Å². The largest absolute Gasteiger partial charge is 0.472 e. The Labute approximate surface area is 363 Å². The van der Waals surface area contributed by atoms with Crippen molar-refractivity contribution in [1.82, 2.24) is 0 Å². The van der Waals surface area contributed by atoms with Gasteiger partial charge in [0.2, 0.25) is 0 Å². The first-order valence-corrected chi connectivity index (χ1v) is 25.3. The standard InChI is InChI=1S/C48H84NO10P/c1-6-8-23-30-45-40(4)41(5)46(59-45)31-25-20-16-11-9-10-12-17-21-26-32-47(50)54-37-43(38-56-60(52,53)55-35-34-49)58-48(51)33-27-22-18-14-13-15-19-24-29-44-39(3)36-42(57-44)28-7-2/h36,43H,6-35,37-38,49H2,1-5H3,(H,52,53)/t43-/m1/s1. The fraction of sp³-hybridized carbons (Fsp3) is 0.792. The first kappa shape index (κ1) is 53.7. The molecule has 0 bridgehead atoms. The predicted molar refractivity (Wildman–Crippen MR) is 240 cm³/mol. The zero-order chi connectivity index (χ0) is 43.9. The number of esters is 2. The third-order valence-corrected chi connectivity index (χ3v) is 12.3. The van der Waals surface area contributed by atoms with Crippen molar-refractivity contribution in [3.05, 3.63) is 45.8 Å². The molecule has 2 aromatic rings. The van der Waals surface area contributed by atoms with Gasteiger partial charge in [-0.2, -0.15) is 0 Å². The smallest absolute Gasteiger partial charge is 0.466 e. The average Bonchev–Trinajstić information content (AvgIpc) is 3.71. The van der Waals surface area contributed by atoms with Crippen molar-refractivity contribution < 1.29 is 46.4 Å². The number of aryl methyl sites for hydroxylation is 5. The molecule has 0 aliphatic rings. The number of carbonyl (C=O) groups excluding carboxylic acids is 2. The van der Waals surface area contributed by atoms with Crippen LogP contribution in [0, 0.1) is 20.8 Å². The summed E-state index contributed by atoms with van der Waals surface area (Å²) in [5.41, 5.74) is 9.32. The van der Waals surface area contributed by atoms with Crippen molar-refractivity contribution in [2.75, 3.05) is 26.4 Å². The number of rotatable bonds is 39. The van der Waals surface area contributed by atoms with Crippen molar-refractivity contribution in [2.24, 2.45) is 5.73 Å². The molecule has 2 atom stereocenters. The van der Waals surface area contributed by atoms with Crippen LogP contribution in [0.15, 0.2) is 14.9 Å². The number of ether oxygens (including phenoxy) is 2. The van der Waals surface area contributed by atoms with Gasteiger partial charge in [-0.15, -0.1) is 0 Å². The number of carbonyl (C=O) groups is 2. The van der Waals surface area contributed by atoms with Crippen molar-refractivity contribution in [3.63, 3.8) is 0 Å². The molecule has 2 heterocycles. The highest BCUT2D eigenvalue weighted by molar-refractivity contribution is 7.47. The lowest BCUT2D eigenvalue weighted by Gasteiger charge is -2.19. The quantitative estimate of drug-likeness (QED) is 0.0374. The van der Waals surface area contributed by atoms with Gasteiger partial charge in [0.1, 0.15) is 29.6 Å². The van der Waals surface area contributed by atoms with Crippen LogP contribution in [0.1, 0.15) is 208 Å².